The zero-order valence-electron chi connectivity index (χ0n) is 31.7. The number of amides is 1. The second kappa shape index (κ2) is 14.6. The third-order valence-electron chi connectivity index (χ3n) is 12.5. The molecule has 1 aliphatic heterocycles. The zero-order chi connectivity index (χ0) is 40.2. The van der Waals surface area contributed by atoms with Crippen LogP contribution in [-0.2, 0) is 38.1 Å². The molecule has 1 amide bonds. The summed E-state index contributed by atoms with van der Waals surface area (Å²) in [5.41, 5.74) is -6.99. The van der Waals surface area contributed by atoms with Gasteiger partial charge >= 0.3 is 17.9 Å². The van der Waals surface area contributed by atoms with Crippen LogP contribution in [0.4, 0.5) is 0 Å². The minimum Gasteiger partial charge on any atom is -0.456 e. The molecule has 0 radical (unpaired) electrons. The maximum absolute atomic E-state index is 14.9. The van der Waals surface area contributed by atoms with E-state index in [4.69, 9.17) is 18.9 Å². The van der Waals surface area contributed by atoms with Gasteiger partial charge in [-0.1, -0.05) is 69.3 Å². The summed E-state index contributed by atoms with van der Waals surface area (Å²) in [4.78, 5) is 68.2. The van der Waals surface area contributed by atoms with E-state index < -0.39 is 107 Å². The highest BCUT2D eigenvalue weighted by atomic mass is 16.6. The van der Waals surface area contributed by atoms with Crippen molar-refractivity contribution in [3.63, 3.8) is 0 Å². The summed E-state index contributed by atoms with van der Waals surface area (Å²) >= 11 is 0. The van der Waals surface area contributed by atoms with Gasteiger partial charge in [0.05, 0.1) is 35.6 Å². The van der Waals surface area contributed by atoms with E-state index in [1.807, 2.05) is 0 Å². The Morgan fingerprint density at radius 1 is 0.982 bits per heavy atom. The van der Waals surface area contributed by atoms with Crippen molar-refractivity contribution in [2.24, 2.45) is 16.7 Å². The summed E-state index contributed by atoms with van der Waals surface area (Å²) < 4.78 is 24.1. The van der Waals surface area contributed by atoms with Crippen molar-refractivity contribution in [1.29, 1.82) is 0 Å². The third-order valence-corrected chi connectivity index (χ3v) is 12.5. The monoisotopic (exact) mass is 763 g/mol. The van der Waals surface area contributed by atoms with Crippen molar-refractivity contribution in [2.75, 3.05) is 6.61 Å². The summed E-state index contributed by atoms with van der Waals surface area (Å²) in [7, 11) is 0. The smallest absolute Gasteiger partial charge is 0.338 e. The molecule has 1 heterocycles. The Hall–Kier alpha value is -4.47. The standard InChI is InChI=1S/C41H49NO13/c1-7-28(45)42-30(23-14-10-8-11-15-23)32(47)37(50)53-25-19-41(51)35(54-36(49)24-16-12-9-13-17-24)33-39(6,34(48)31(46)29(21(25)2)38(41,4)5)26(44)18-27-40(33,20-52-27)55-22(3)43/h8-17,25-27,30-33,35,44,46-47,51H,7,18-20H2,1-6H3,(H,42,45)/t25-,26-,27+,30?,31+,32+,33-,35-,39+,40-,41+/m0/s1. The van der Waals surface area contributed by atoms with Gasteiger partial charge in [0, 0.05) is 31.6 Å². The summed E-state index contributed by atoms with van der Waals surface area (Å²) in [6, 6.07) is 15.0. The van der Waals surface area contributed by atoms with Crippen molar-refractivity contribution in [3.05, 3.63) is 82.9 Å². The van der Waals surface area contributed by atoms with Gasteiger partial charge in [-0.05, 0) is 42.7 Å². The number of ether oxygens (including phenoxy) is 4. The van der Waals surface area contributed by atoms with E-state index in [-0.39, 0.29) is 36.2 Å². The highest BCUT2D eigenvalue weighted by molar-refractivity contribution is 5.94. The summed E-state index contributed by atoms with van der Waals surface area (Å²) in [5.74, 6) is -5.70. The fourth-order valence-corrected chi connectivity index (χ4v) is 9.40. The second-order valence-electron chi connectivity index (χ2n) is 15.8. The number of aliphatic hydroxyl groups excluding tert-OH is 3. The lowest BCUT2D eigenvalue weighted by Crippen LogP contribution is -2.81. The molecule has 14 heteroatoms. The number of fused-ring (bicyclic) bond motifs is 5. The molecule has 2 aromatic rings. The van der Waals surface area contributed by atoms with E-state index in [2.05, 4.69) is 5.32 Å². The van der Waals surface area contributed by atoms with Crippen LogP contribution in [0.15, 0.2) is 71.8 Å². The molecule has 1 unspecified atom stereocenters. The Morgan fingerprint density at radius 2 is 1.60 bits per heavy atom. The quantitative estimate of drug-likeness (QED) is 0.141. The minimum atomic E-state index is -2.32. The van der Waals surface area contributed by atoms with Gasteiger partial charge in [0.2, 0.25) is 5.91 Å². The predicted molar refractivity (Wildman–Crippen MR) is 193 cm³/mol. The van der Waals surface area contributed by atoms with Crippen LogP contribution in [0.1, 0.15) is 82.8 Å². The molecule has 296 valence electrons. The molecule has 0 aromatic heterocycles. The molecule has 5 N–H and O–H groups in total. The molecule has 2 saturated carbocycles. The maximum atomic E-state index is 14.9. The number of nitrogens with one attached hydrogen (secondary N) is 1. The number of Topliss-reactive ketones (excluding diaryl/α,β-unsaturated/α-hetero) is 1. The lowest BCUT2D eigenvalue weighted by Gasteiger charge is -2.67. The van der Waals surface area contributed by atoms with Crippen LogP contribution in [0.3, 0.4) is 0 Å². The number of rotatable bonds is 9. The van der Waals surface area contributed by atoms with Gasteiger partial charge in [0.15, 0.2) is 17.5 Å². The molecule has 14 nitrogen and oxygen atoms in total. The van der Waals surface area contributed by atoms with Crippen molar-refractivity contribution in [1.82, 2.24) is 5.32 Å². The molecule has 4 aliphatic rings. The largest absolute Gasteiger partial charge is 0.456 e. The van der Waals surface area contributed by atoms with Crippen molar-refractivity contribution in [2.45, 2.75) is 115 Å². The Morgan fingerprint density at radius 3 is 2.16 bits per heavy atom. The van der Waals surface area contributed by atoms with Gasteiger partial charge in [-0.2, -0.15) is 0 Å². The second-order valence-corrected chi connectivity index (χ2v) is 15.8. The lowest BCUT2D eigenvalue weighted by atomic mass is 9.44. The summed E-state index contributed by atoms with van der Waals surface area (Å²) in [5, 5.41) is 51.4. The van der Waals surface area contributed by atoms with E-state index in [0.717, 1.165) is 6.92 Å². The van der Waals surface area contributed by atoms with E-state index in [0.29, 0.717) is 5.56 Å². The highest BCUT2D eigenvalue weighted by Gasteiger charge is 2.78. The maximum Gasteiger partial charge on any atom is 0.338 e. The van der Waals surface area contributed by atoms with Crippen LogP contribution in [0.5, 0.6) is 0 Å². The first-order valence-corrected chi connectivity index (χ1v) is 18.5. The molecule has 6 rings (SSSR count). The van der Waals surface area contributed by atoms with Crippen molar-refractivity contribution >= 4 is 29.6 Å². The molecule has 2 bridgehead atoms. The first kappa shape index (κ1) is 40.2. The Bertz CT molecular complexity index is 1880. The van der Waals surface area contributed by atoms with Crippen LogP contribution >= 0.6 is 0 Å². The first-order chi connectivity index (χ1) is 25.8. The first-order valence-electron chi connectivity index (χ1n) is 18.5. The SMILES string of the molecule is CCC(=O)NC(c1ccccc1)[C@@H](O)C(=O)O[C@H]1C[C@@]2(O)[C@@H](OC(=O)c3ccccc3)[C@@H]3[C@]4(OC(C)=O)CO[C@@H]4C[C@H](O)[C@@]3(C)C(=O)[C@H](O)C(=C1C)C2(C)C. The number of aliphatic hydroxyl groups is 4. The molecule has 3 aliphatic carbocycles. The Kier molecular flexibility index (Phi) is 10.6. The van der Waals surface area contributed by atoms with Crippen LogP contribution in [0.2, 0.25) is 0 Å². The minimum absolute atomic E-state index is 0.0430. The number of benzene rings is 2. The molecule has 1 saturated heterocycles. The van der Waals surface area contributed by atoms with Gasteiger partial charge in [0.25, 0.3) is 0 Å². The molecule has 3 fully saturated rings. The number of esters is 3. The molecule has 11 atom stereocenters. The van der Waals surface area contributed by atoms with Crippen LogP contribution in [0, 0.1) is 16.7 Å². The number of carbonyl (C=O) groups is 5. The van der Waals surface area contributed by atoms with Crippen molar-refractivity contribution in [3.8, 4) is 0 Å². The van der Waals surface area contributed by atoms with E-state index >= 15 is 0 Å². The van der Waals surface area contributed by atoms with Crippen LogP contribution < -0.4 is 5.32 Å². The fraction of sp³-hybridized carbons (Fsp3) is 0.537. The van der Waals surface area contributed by atoms with E-state index in [9.17, 15) is 44.4 Å². The average Bonchev–Trinajstić information content (AvgIpc) is 3.15. The lowest BCUT2D eigenvalue weighted by molar-refractivity contribution is -0.346. The summed E-state index contributed by atoms with van der Waals surface area (Å²) in [6.07, 6.45) is -10.2. The van der Waals surface area contributed by atoms with Crippen LogP contribution in [-0.4, -0.2) is 104 Å². The average molecular weight is 764 g/mol. The number of ketones is 1. The fourth-order valence-electron chi connectivity index (χ4n) is 9.40. The van der Waals surface area contributed by atoms with Crippen molar-refractivity contribution < 1.29 is 63.3 Å². The number of carbonyl (C=O) groups excluding carboxylic acids is 5. The van der Waals surface area contributed by atoms with Gasteiger partial charge in [-0.15, -0.1) is 0 Å². The van der Waals surface area contributed by atoms with E-state index in [1.165, 1.54) is 26.0 Å². The Balaban J connectivity index is 1.51. The van der Waals surface area contributed by atoms with Gasteiger partial charge in [-0.25, -0.2) is 9.59 Å². The predicted octanol–water partition coefficient (Wildman–Crippen LogP) is 2.26. The molecule has 0 spiro atoms. The van der Waals surface area contributed by atoms with Gasteiger partial charge in [0.1, 0.15) is 30.0 Å². The van der Waals surface area contributed by atoms with Gasteiger partial charge < -0.3 is 44.7 Å². The molecule has 2 aromatic carbocycles. The Labute approximate surface area is 318 Å². The molecule has 55 heavy (non-hydrogen) atoms. The normalized spacial score (nSPS) is 34.6. The number of hydrogen-bond donors (Lipinski definition) is 5. The molecular weight excluding hydrogens is 714 g/mol. The number of hydrogen-bond acceptors (Lipinski definition) is 13. The zero-order valence-corrected chi connectivity index (χ0v) is 31.7. The van der Waals surface area contributed by atoms with Crippen LogP contribution in [0.25, 0.3) is 0 Å². The van der Waals surface area contributed by atoms with E-state index in [1.54, 1.807) is 69.3 Å². The third kappa shape index (κ3) is 6.37. The topological polar surface area (TPSA) is 215 Å². The summed E-state index contributed by atoms with van der Waals surface area (Å²) in [6.45, 7) is 8.52. The van der Waals surface area contributed by atoms with Gasteiger partial charge in [-0.3, -0.25) is 14.4 Å². The highest BCUT2D eigenvalue weighted by Crippen LogP contribution is 2.64. The molecular formula is C41H49NO13.